The summed E-state index contributed by atoms with van der Waals surface area (Å²) in [6.07, 6.45) is 0. The van der Waals surface area contributed by atoms with Crippen LogP contribution in [0.3, 0.4) is 0 Å². The van der Waals surface area contributed by atoms with E-state index in [0.717, 1.165) is 5.56 Å². The minimum Gasteiger partial charge on any atom is -0.486 e. The van der Waals surface area contributed by atoms with Gasteiger partial charge in [-0.15, -0.1) is 0 Å². The average Bonchev–Trinajstić information content (AvgIpc) is 2.60. The summed E-state index contributed by atoms with van der Waals surface area (Å²) < 4.78 is 38.7. The molecule has 1 N–H and O–H groups in total. The van der Waals surface area contributed by atoms with E-state index in [1.807, 2.05) is 6.07 Å². The molecule has 3 rings (SSSR count). The van der Waals surface area contributed by atoms with Crippen molar-refractivity contribution in [3.63, 3.8) is 0 Å². The van der Waals surface area contributed by atoms with E-state index in [2.05, 4.69) is 4.72 Å². The molecule has 0 aliphatic carbocycles. The quantitative estimate of drug-likeness (QED) is 0.920. The molecule has 0 spiro atoms. The molecule has 0 bridgehead atoms. The molecule has 1 atom stereocenters. The van der Waals surface area contributed by atoms with Crippen LogP contribution in [-0.2, 0) is 10.0 Å². The molecular formula is C17H16N2O4S. The zero-order chi connectivity index (χ0) is 17.2. The topological polar surface area (TPSA) is 88.4 Å². The molecule has 1 aliphatic rings. The molecule has 0 saturated heterocycles. The van der Waals surface area contributed by atoms with Crippen molar-refractivity contribution in [2.75, 3.05) is 13.2 Å². The first kappa shape index (κ1) is 16.3. The number of nitrogens with one attached hydrogen (secondary N) is 1. The predicted octanol–water partition coefficient (Wildman–Crippen LogP) is 2.37. The van der Waals surface area contributed by atoms with Crippen molar-refractivity contribution in [2.45, 2.75) is 17.9 Å². The van der Waals surface area contributed by atoms with Crippen LogP contribution in [0.2, 0.25) is 0 Å². The zero-order valence-corrected chi connectivity index (χ0v) is 13.8. The van der Waals surface area contributed by atoms with Crippen molar-refractivity contribution in [2.24, 2.45) is 0 Å². The van der Waals surface area contributed by atoms with Crippen LogP contribution < -0.4 is 14.2 Å². The van der Waals surface area contributed by atoms with E-state index in [1.54, 1.807) is 37.3 Å². The standard InChI is InChI=1S/C17H16N2O4S/c1-12(13-6-7-15-16(10-13)23-9-8-22-15)19-24(20,21)17-5-3-2-4-14(17)11-18/h2-7,10,12,19H,8-9H2,1H3/t12-/m1/s1. The van der Waals surface area contributed by atoms with Gasteiger partial charge in [0.05, 0.1) is 10.5 Å². The predicted molar refractivity (Wildman–Crippen MR) is 87.3 cm³/mol. The second kappa shape index (κ2) is 6.51. The van der Waals surface area contributed by atoms with Gasteiger partial charge in [0, 0.05) is 6.04 Å². The Morgan fingerprint density at radius 1 is 1.12 bits per heavy atom. The van der Waals surface area contributed by atoms with E-state index in [-0.39, 0.29) is 10.5 Å². The van der Waals surface area contributed by atoms with Crippen molar-refractivity contribution in [1.29, 1.82) is 5.26 Å². The lowest BCUT2D eigenvalue weighted by Gasteiger charge is -2.21. The molecule has 124 valence electrons. The molecule has 1 heterocycles. The maximum absolute atomic E-state index is 12.6. The van der Waals surface area contributed by atoms with Gasteiger partial charge in [0.25, 0.3) is 0 Å². The Morgan fingerprint density at radius 3 is 2.58 bits per heavy atom. The number of nitrogens with zero attached hydrogens (tertiary/aromatic N) is 1. The van der Waals surface area contributed by atoms with Gasteiger partial charge in [-0.25, -0.2) is 13.1 Å². The molecule has 2 aromatic carbocycles. The Labute approximate surface area is 140 Å². The first-order chi connectivity index (χ1) is 11.5. The van der Waals surface area contributed by atoms with Crippen LogP contribution in [-0.4, -0.2) is 21.6 Å². The summed E-state index contributed by atoms with van der Waals surface area (Å²) in [7, 11) is -3.82. The highest BCUT2D eigenvalue weighted by atomic mass is 32.2. The molecule has 0 aromatic heterocycles. The van der Waals surface area contributed by atoms with Crippen molar-refractivity contribution < 1.29 is 17.9 Å². The molecule has 24 heavy (non-hydrogen) atoms. The molecule has 7 heteroatoms. The van der Waals surface area contributed by atoms with Gasteiger partial charge in [-0.3, -0.25) is 0 Å². The second-order valence-electron chi connectivity index (χ2n) is 5.35. The molecule has 2 aromatic rings. The highest BCUT2D eigenvalue weighted by Gasteiger charge is 2.22. The third-order valence-electron chi connectivity index (χ3n) is 3.70. The Bertz CT molecular complexity index is 903. The molecule has 0 unspecified atom stereocenters. The fourth-order valence-electron chi connectivity index (χ4n) is 2.49. The fraction of sp³-hybridized carbons (Fsp3) is 0.235. The van der Waals surface area contributed by atoms with Crippen molar-refractivity contribution >= 4 is 10.0 Å². The van der Waals surface area contributed by atoms with E-state index < -0.39 is 16.1 Å². The molecular weight excluding hydrogens is 328 g/mol. The number of hydrogen-bond donors (Lipinski definition) is 1. The molecule has 0 radical (unpaired) electrons. The van der Waals surface area contributed by atoms with Gasteiger partial charge in [-0.05, 0) is 36.8 Å². The highest BCUT2D eigenvalue weighted by Crippen LogP contribution is 2.33. The van der Waals surface area contributed by atoms with Crippen molar-refractivity contribution in [1.82, 2.24) is 4.72 Å². The zero-order valence-electron chi connectivity index (χ0n) is 13.0. The normalized spacial score (nSPS) is 14.7. The first-order valence-electron chi connectivity index (χ1n) is 7.42. The Hall–Kier alpha value is -2.56. The third-order valence-corrected chi connectivity index (χ3v) is 5.29. The van der Waals surface area contributed by atoms with Crippen LogP contribution in [0.25, 0.3) is 0 Å². The van der Waals surface area contributed by atoms with Gasteiger partial charge in [-0.1, -0.05) is 18.2 Å². The van der Waals surface area contributed by atoms with Crippen LogP contribution in [0, 0.1) is 11.3 Å². The molecule has 0 amide bonds. The highest BCUT2D eigenvalue weighted by molar-refractivity contribution is 7.89. The van der Waals surface area contributed by atoms with E-state index in [9.17, 15) is 8.42 Å². The van der Waals surface area contributed by atoms with Crippen LogP contribution in [0.15, 0.2) is 47.4 Å². The van der Waals surface area contributed by atoms with Gasteiger partial charge in [0.15, 0.2) is 11.5 Å². The van der Waals surface area contributed by atoms with Gasteiger partial charge in [-0.2, -0.15) is 5.26 Å². The van der Waals surface area contributed by atoms with E-state index in [1.165, 1.54) is 12.1 Å². The lowest BCUT2D eigenvalue weighted by atomic mass is 10.1. The van der Waals surface area contributed by atoms with Gasteiger partial charge in [0.2, 0.25) is 10.0 Å². The Morgan fingerprint density at radius 2 is 1.83 bits per heavy atom. The van der Waals surface area contributed by atoms with Crippen molar-refractivity contribution in [3.05, 3.63) is 53.6 Å². The van der Waals surface area contributed by atoms with E-state index in [4.69, 9.17) is 14.7 Å². The minimum absolute atomic E-state index is 0.0307. The smallest absolute Gasteiger partial charge is 0.242 e. The van der Waals surface area contributed by atoms with Gasteiger partial charge in [0.1, 0.15) is 19.3 Å². The third kappa shape index (κ3) is 3.20. The van der Waals surface area contributed by atoms with Crippen molar-refractivity contribution in [3.8, 4) is 17.6 Å². The summed E-state index contributed by atoms with van der Waals surface area (Å²) in [6, 6.07) is 12.8. The average molecular weight is 344 g/mol. The summed E-state index contributed by atoms with van der Waals surface area (Å²) in [5.41, 5.74) is 0.858. The summed E-state index contributed by atoms with van der Waals surface area (Å²) in [5, 5.41) is 9.09. The lowest BCUT2D eigenvalue weighted by Crippen LogP contribution is -2.27. The van der Waals surface area contributed by atoms with E-state index in [0.29, 0.717) is 24.7 Å². The number of sulfonamides is 1. The van der Waals surface area contributed by atoms with Gasteiger partial charge < -0.3 is 9.47 Å². The maximum atomic E-state index is 12.6. The number of fused-ring (bicyclic) bond motifs is 1. The number of nitriles is 1. The van der Waals surface area contributed by atoms with Gasteiger partial charge >= 0.3 is 0 Å². The number of ether oxygens (including phenoxy) is 2. The molecule has 0 fully saturated rings. The summed E-state index contributed by atoms with van der Waals surface area (Å²) >= 11 is 0. The number of hydrogen-bond acceptors (Lipinski definition) is 5. The summed E-state index contributed by atoms with van der Waals surface area (Å²) in [4.78, 5) is -0.0307. The monoisotopic (exact) mass is 344 g/mol. The molecule has 0 saturated carbocycles. The SMILES string of the molecule is C[C@@H](NS(=O)(=O)c1ccccc1C#N)c1ccc2c(c1)OCCO2. The first-order valence-corrected chi connectivity index (χ1v) is 8.90. The van der Waals surface area contributed by atoms with Crippen LogP contribution in [0.4, 0.5) is 0 Å². The van der Waals surface area contributed by atoms with Crippen LogP contribution in [0.1, 0.15) is 24.1 Å². The minimum atomic E-state index is -3.82. The summed E-state index contributed by atoms with van der Waals surface area (Å²) in [6.45, 7) is 2.70. The molecule has 6 nitrogen and oxygen atoms in total. The summed E-state index contributed by atoms with van der Waals surface area (Å²) in [5.74, 6) is 1.25. The van der Waals surface area contributed by atoms with E-state index >= 15 is 0 Å². The second-order valence-corrected chi connectivity index (χ2v) is 7.04. The number of rotatable bonds is 4. The molecule has 1 aliphatic heterocycles. The lowest BCUT2D eigenvalue weighted by molar-refractivity contribution is 0.171. The Balaban J connectivity index is 1.86. The Kier molecular flexibility index (Phi) is 4.42. The van der Waals surface area contributed by atoms with Crippen LogP contribution >= 0.6 is 0 Å². The number of benzene rings is 2. The van der Waals surface area contributed by atoms with Crippen LogP contribution in [0.5, 0.6) is 11.5 Å². The fourth-order valence-corrected chi connectivity index (χ4v) is 3.88. The largest absolute Gasteiger partial charge is 0.486 e. The maximum Gasteiger partial charge on any atom is 0.242 e.